The molecule has 90 valence electrons. The van der Waals surface area contributed by atoms with E-state index in [2.05, 4.69) is 36.3 Å². The summed E-state index contributed by atoms with van der Waals surface area (Å²) >= 11 is 3.28. The predicted octanol–water partition coefficient (Wildman–Crippen LogP) is 2.11. The first kappa shape index (κ1) is 11.8. The van der Waals surface area contributed by atoms with E-state index >= 15 is 0 Å². The minimum absolute atomic E-state index is 0.502. The normalized spacial score (nSPS) is 10.3. The molecule has 17 heavy (non-hydrogen) atoms. The Hall–Kier alpha value is -1.63. The molecule has 0 saturated carbocycles. The first-order valence-corrected chi connectivity index (χ1v) is 5.89. The largest absolute Gasteiger partial charge is 0.475 e. The molecule has 0 spiro atoms. The zero-order chi connectivity index (χ0) is 12.3. The summed E-state index contributed by atoms with van der Waals surface area (Å²) in [5.41, 5.74) is 0.747. The highest BCUT2D eigenvalue weighted by Gasteiger charge is 2.09. The summed E-state index contributed by atoms with van der Waals surface area (Å²) in [6, 6.07) is 0. The fourth-order valence-corrected chi connectivity index (χ4v) is 1.50. The molecular formula is C10H12BrN5O. The van der Waals surface area contributed by atoms with Crippen LogP contribution in [0.3, 0.4) is 0 Å². The highest BCUT2D eigenvalue weighted by atomic mass is 79.9. The molecule has 0 aliphatic rings. The van der Waals surface area contributed by atoms with Crippen molar-refractivity contribution in [3.8, 4) is 5.88 Å². The van der Waals surface area contributed by atoms with Crippen molar-refractivity contribution < 1.29 is 4.74 Å². The number of aryl methyl sites for hydroxylation is 1. The number of hydrogen-bond acceptors (Lipinski definition) is 5. The standard InChI is InChI=1S/C10H12BrN5O/c1-3-17-9-8(6-16(2)15-9)14-10-12-4-7(11)5-13-10/h4-6H,3H2,1-2H3,(H,12,13,14). The molecule has 0 bridgehead atoms. The molecule has 1 N–H and O–H groups in total. The van der Waals surface area contributed by atoms with Crippen LogP contribution >= 0.6 is 15.9 Å². The third kappa shape index (κ3) is 2.94. The van der Waals surface area contributed by atoms with E-state index in [-0.39, 0.29) is 0 Å². The van der Waals surface area contributed by atoms with Gasteiger partial charge in [0.25, 0.3) is 5.88 Å². The number of halogens is 1. The Morgan fingerprint density at radius 1 is 1.41 bits per heavy atom. The fraction of sp³-hybridized carbons (Fsp3) is 0.300. The van der Waals surface area contributed by atoms with Gasteiger partial charge >= 0.3 is 0 Å². The number of nitrogens with one attached hydrogen (secondary N) is 1. The first-order valence-electron chi connectivity index (χ1n) is 5.10. The van der Waals surface area contributed by atoms with Gasteiger partial charge < -0.3 is 10.1 Å². The lowest BCUT2D eigenvalue weighted by Gasteiger charge is -2.04. The SMILES string of the molecule is CCOc1nn(C)cc1Nc1ncc(Br)cn1. The summed E-state index contributed by atoms with van der Waals surface area (Å²) < 4.78 is 7.90. The minimum Gasteiger partial charge on any atom is -0.475 e. The molecular weight excluding hydrogens is 286 g/mol. The van der Waals surface area contributed by atoms with E-state index in [4.69, 9.17) is 4.74 Å². The van der Waals surface area contributed by atoms with Crippen LogP contribution < -0.4 is 10.1 Å². The van der Waals surface area contributed by atoms with Gasteiger partial charge in [-0.15, -0.1) is 5.10 Å². The number of anilines is 2. The Morgan fingerprint density at radius 3 is 2.76 bits per heavy atom. The summed E-state index contributed by atoms with van der Waals surface area (Å²) in [4.78, 5) is 8.24. The summed E-state index contributed by atoms with van der Waals surface area (Å²) in [6.07, 6.45) is 5.16. The van der Waals surface area contributed by atoms with E-state index in [9.17, 15) is 0 Å². The van der Waals surface area contributed by atoms with Crippen LogP contribution in [0, 0.1) is 0 Å². The van der Waals surface area contributed by atoms with Crippen molar-refractivity contribution in [1.29, 1.82) is 0 Å². The molecule has 6 nitrogen and oxygen atoms in total. The highest BCUT2D eigenvalue weighted by Crippen LogP contribution is 2.24. The Morgan fingerprint density at radius 2 is 2.12 bits per heavy atom. The molecule has 7 heteroatoms. The monoisotopic (exact) mass is 297 g/mol. The molecule has 0 unspecified atom stereocenters. The van der Waals surface area contributed by atoms with Gasteiger partial charge in [0.2, 0.25) is 5.95 Å². The second kappa shape index (κ2) is 5.13. The van der Waals surface area contributed by atoms with Gasteiger partial charge in [-0.1, -0.05) is 0 Å². The van der Waals surface area contributed by atoms with Crippen molar-refractivity contribution >= 4 is 27.6 Å². The second-order valence-corrected chi connectivity index (χ2v) is 4.22. The van der Waals surface area contributed by atoms with Gasteiger partial charge in [-0.25, -0.2) is 9.97 Å². The van der Waals surface area contributed by atoms with Crippen LogP contribution in [0.2, 0.25) is 0 Å². The molecule has 2 heterocycles. The first-order chi connectivity index (χ1) is 8.19. The van der Waals surface area contributed by atoms with E-state index in [0.717, 1.165) is 10.2 Å². The number of hydrogen-bond donors (Lipinski definition) is 1. The van der Waals surface area contributed by atoms with Gasteiger partial charge in [-0.05, 0) is 22.9 Å². The summed E-state index contributed by atoms with van der Waals surface area (Å²) in [5, 5.41) is 7.24. The van der Waals surface area contributed by atoms with Gasteiger partial charge in [-0.3, -0.25) is 4.68 Å². The lowest BCUT2D eigenvalue weighted by Crippen LogP contribution is -1.99. The average molecular weight is 298 g/mol. The smallest absolute Gasteiger partial charge is 0.256 e. The molecule has 0 saturated heterocycles. The molecule has 0 atom stereocenters. The van der Waals surface area contributed by atoms with E-state index in [1.807, 2.05) is 20.2 Å². The maximum Gasteiger partial charge on any atom is 0.256 e. The van der Waals surface area contributed by atoms with E-state index in [1.165, 1.54) is 0 Å². The lowest BCUT2D eigenvalue weighted by molar-refractivity contribution is 0.324. The highest BCUT2D eigenvalue weighted by molar-refractivity contribution is 9.10. The second-order valence-electron chi connectivity index (χ2n) is 3.30. The van der Waals surface area contributed by atoms with Gasteiger partial charge in [-0.2, -0.15) is 0 Å². The van der Waals surface area contributed by atoms with E-state index in [1.54, 1.807) is 17.1 Å². The summed E-state index contributed by atoms with van der Waals surface area (Å²) in [6.45, 7) is 2.47. The molecule has 2 aromatic heterocycles. The van der Waals surface area contributed by atoms with Crippen molar-refractivity contribution in [2.75, 3.05) is 11.9 Å². The zero-order valence-electron chi connectivity index (χ0n) is 9.51. The molecule has 0 aliphatic heterocycles. The van der Waals surface area contributed by atoms with Gasteiger partial charge in [0.1, 0.15) is 5.69 Å². The summed E-state index contributed by atoms with van der Waals surface area (Å²) in [7, 11) is 1.83. The summed E-state index contributed by atoms with van der Waals surface area (Å²) in [5.74, 6) is 1.05. The minimum atomic E-state index is 0.502. The van der Waals surface area contributed by atoms with Crippen LogP contribution in [-0.4, -0.2) is 26.4 Å². The Kier molecular flexibility index (Phi) is 3.58. The van der Waals surface area contributed by atoms with Crippen LogP contribution in [0.15, 0.2) is 23.1 Å². The van der Waals surface area contributed by atoms with Crippen molar-refractivity contribution in [1.82, 2.24) is 19.7 Å². The fourth-order valence-electron chi connectivity index (χ4n) is 1.29. The van der Waals surface area contributed by atoms with Gasteiger partial charge in [0.05, 0.1) is 17.3 Å². The Bertz CT molecular complexity index is 496. The van der Waals surface area contributed by atoms with Crippen molar-refractivity contribution in [3.63, 3.8) is 0 Å². The maximum absolute atomic E-state index is 5.39. The molecule has 0 aromatic carbocycles. The maximum atomic E-state index is 5.39. The van der Waals surface area contributed by atoms with Crippen molar-refractivity contribution in [3.05, 3.63) is 23.1 Å². The van der Waals surface area contributed by atoms with Gasteiger partial charge in [0, 0.05) is 19.4 Å². The average Bonchev–Trinajstić information content (AvgIpc) is 2.63. The van der Waals surface area contributed by atoms with Crippen LogP contribution in [0.25, 0.3) is 0 Å². The zero-order valence-corrected chi connectivity index (χ0v) is 11.1. The Balaban J connectivity index is 2.20. The predicted molar refractivity (Wildman–Crippen MR) is 67.4 cm³/mol. The quantitative estimate of drug-likeness (QED) is 0.936. The number of nitrogens with zero attached hydrogens (tertiary/aromatic N) is 4. The number of ether oxygens (including phenoxy) is 1. The van der Waals surface area contributed by atoms with Crippen LogP contribution in [0.1, 0.15) is 6.92 Å². The van der Waals surface area contributed by atoms with Crippen molar-refractivity contribution in [2.24, 2.45) is 7.05 Å². The molecule has 0 amide bonds. The van der Waals surface area contributed by atoms with Crippen LogP contribution in [0.5, 0.6) is 5.88 Å². The molecule has 2 rings (SSSR count). The van der Waals surface area contributed by atoms with E-state index in [0.29, 0.717) is 18.4 Å². The lowest BCUT2D eigenvalue weighted by atomic mass is 10.5. The third-order valence-corrected chi connectivity index (χ3v) is 2.35. The molecule has 0 radical (unpaired) electrons. The van der Waals surface area contributed by atoms with Crippen molar-refractivity contribution in [2.45, 2.75) is 6.92 Å². The van der Waals surface area contributed by atoms with Crippen LogP contribution in [0.4, 0.5) is 11.6 Å². The van der Waals surface area contributed by atoms with E-state index < -0.39 is 0 Å². The number of rotatable bonds is 4. The Labute approximate surface area is 107 Å². The number of aromatic nitrogens is 4. The van der Waals surface area contributed by atoms with Gasteiger partial charge in [0.15, 0.2) is 0 Å². The van der Waals surface area contributed by atoms with Crippen LogP contribution in [-0.2, 0) is 7.05 Å². The topological polar surface area (TPSA) is 64.9 Å². The molecule has 0 fully saturated rings. The third-order valence-electron chi connectivity index (χ3n) is 1.94. The molecule has 2 aromatic rings. The molecule has 0 aliphatic carbocycles.